The fraction of sp³-hybridized carbons (Fsp3) is 0.300. The molecule has 1 atom stereocenters. The number of benzene rings is 1. The van der Waals surface area contributed by atoms with Crippen molar-refractivity contribution in [1.29, 1.82) is 0 Å². The van der Waals surface area contributed by atoms with Crippen LogP contribution in [-0.4, -0.2) is 13.0 Å². The molecule has 0 aliphatic rings. The lowest BCUT2D eigenvalue weighted by atomic mass is 10.0. The molecule has 1 rings (SSSR count). The van der Waals surface area contributed by atoms with Gasteiger partial charge in [0.05, 0.1) is 5.92 Å². The largest absolute Gasteiger partial charge is 0.359 e. The molecule has 0 aliphatic carbocycles. The van der Waals surface area contributed by atoms with E-state index in [4.69, 9.17) is 11.6 Å². The van der Waals surface area contributed by atoms with E-state index >= 15 is 0 Å². The fourth-order valence-corrected chi connectivity index (χ4v) is 1.48. The monoisotopic (exact) mass is 197 g/mol. The summed E-state index contributed by atoms with van der Waals surface area (Å²) in [4.78, 5) is 11.3. The van der Waals surface area contributed by atoms with E-state index in [1.807, 2.05) is 25.1 Å². The summed E-state index contributed by atoms with van der Waals surface area (Å²) in [5.41, 5.74) is 0.864. The van der Waals surface area contributed by atoms with E-state index in [0.29, 0.717) is 5.02 Å². The number of halogens is 1. The Morgan fingerprint density at radius 2 is 2.08 bits per heavy atom. The maximum Gasteiger partial charge on any atom is 0.227 e. The summed E-state index contributed by atoms with van der Waals surface area (Å²) in [6.07, 6.45) is 0. The van der Waals surface area contributed by atoms with Crippen molar-refractivity contribution >= 4 is 17.5 Å². The number of hydrogen-bond donors (Lipinski definition) is 1. The minimum atomic E-state index is -0.196. The van der Waals surface area contributed by atoms with Crippen LogP contribution >= 0.6 is 11.6 Å². The van der Waals surface area contributed by atoms with Crippen LogP contribution < -0.4 is 5.32 Å². The van der Waals surface area contributed by atoms with Gasteiger partial charge in [-0.05, 0) is 18.6 Å². The van der Waals surface area contributed by atoms with Crippen LogP contribution in [0.4, 0.5) is 0 Å². The molecule has 1 aromatic carbocycles. The molecule has 0 aliphatic heterocycles. The molecule has 70 valence electrons. The molecule has 13 heavy (non-hydrogen) atoms. The standard InChI is InChI=1S/C10H12ClNO/c1-7(10(13)12-2)8-5-3-4-6-9(8)11/h3-7H,1-2H3,(H,12,13)/t7-/m1/s1. The van der Waals surface area contributed by atoms with E-state index < -0.39 is 0 Å². The van der Waals surface area contributed by atoms with Gasteiger partial charge in [-0.1, -0.05) is 29.8 Å². The van der Waals surface area contributed by atoms with Crippen LogP contribution in [0.25, 0.3) is 0 Å². The first kappa shape index (κ1) is 10.1. The molecule has 1 N–H and O–H groups in total. The first-order chi connectivity index (χ1) is 6.16. The second kappa shape index (κ2) is 4.28. The van der Waals surface area contributed by atoms with E-state index in [0.717, 1.165) is 5.56 Å². The van der Waals surface area contributed by atoms with Crippen molar-refractivity contribution in [2.45, 2.75) is 12.8 Å². The van der Waals surface area contributed by atoms with E-state index in [-0.39, 0.29) is 11.8 Å². The third-order valence-corrected chi connectivity index (χ3v) is 2.36. The molecule has 3 heteroatoms. The molecule has 1 aromatic rings. The maximum atomic E-state index is 11.3. The highest BCUT2D eigenvalue weighted by molar-refractivity contribution is 6.31. The van der Waals surface area contributed by atoms with Gasteiger partial charge in [-0.25, -0.2) is 0 Å². The number of rotatable bonds is 2. The van der Waals surface area contributed by atoms with Crippen molar-refractivity contribution in [2.75, 3.05) is 7.05 Å². The molecule has 0 fully saturated rings. The molecule has 0 heterocycles. The van der Waals surface area contributed by atoms with Gasteiger partial charge < -0.3 is 5.32 Å². The van der Waals surface area contributed by atoms with Gasteiger partial charge in [-0.3, -0.25) is 4.79 Å². The zero-order chi connectivity index (χ0) is 9.84. The molecular formula is C10H12ClNO. The molecule has 0 saturated carbocycles. The number of likely N-dealkylation sites (N-methyl/N-ethyl adjacent to an activating group) is 1. The van der Waals surface area contributed by atoms with Crippen molar-refractivity contribution in [1.82, 2.24) is 5.32 Å². The average molecular weight is 198 g/mol. The minimum absolute atomic E-state index is 0.0203. The van der Waals surface area contributed by atoms with Crippen LogP contribution in [0.15, 0.2) is 24.3 Å². The Balaban J connectivity index is 2.95. The van der Waals surface area contributed by atoms with Crippen LogP contribution in [0, 0.1) is 0 Å². The molecule has 0 unspecified atom stereocenters. The molecule has 1 amide bonds. The molecular weight excluding hydrogens is 186 g/mol. The lowest BCUT2D eigenvalue weighted by Crippen LogP contribution is -2.23. The Kier molecular flexibility index (Phi) is 3.32. The second-order valence-electron chi connectivity index (χ2n) is 2.86. The Bertz CT molecular complexity index is 312. The number of amides is 1. The number of nitrogens with one attached hydrogen (secondary N) is 1. The summed E-state index contributed by atoms with van der Waals surface area (Å²) in [5.74, 6) is -0.216. The first-order valence-electron chi connectivity index (χ1n) is 4.13. The summed E-state index contributed by atoms with van der Waals surface area (Å²) in [7, 11) is 1.62. The van der Waals surface area contributed by atoms with Crippen LogP contribution in [0.1, 0.15) is 18.4 Å². The second-order valence-corrected chi connectivity index (χ2v) is 3.26. The topological polar surface area (TPSA) is 29.1 Å². The zero-order valence-corrected chi connectivity index (χ0v) is 8.43. The van der Waals surface area contributed by atoms with Crippen molar-refractivity contribution in [3.63, 3.8) is 0 Å². The summed E-state index contributed by atoms with van der Waals surface area (Å²) in [6, 6.07) is 7.38. The van der Waals surface area contributed by atoms with Gasteiger partial charge in [0, 0.05) is 12.1 Å². The molecule has 0 saturated heterocycles. The lowest BCUT2D eigenvalue weighted by molar-refractivity contribution is -0.121. The average Bonchev–Trinajstić information content (AvgIpc) is 2.16. The smallest absolute Gasteiger partial charge is 0.227 e. The van der Waals surface area contributed by atoms with E-state index in [9.17, 15) is 4.79 Å². The van der Waals surface area contributed by atoms with Crippen molar-refractivity contribution in [3.05, 3.63) is 34.9 Å². The Labute approximate surface area is 82.9 Å². The molecule has 0 aromatic heterocycles. The molecule has 0 bridgehead atoms. The highest BCUT2D eigenvalue weighted by Crippen LogP contribution is 2.23. The third kappa shape index (κ3) is 2.22. The van der Waals surface area contributed by atoms with E-state index in [1.165, 1.54) is 0 Å². The Hall–Kier alpha value is -1.02. The number of carbonyl (C=O) groups excluding carboxylic acids is 1. The molecule has 0 spiro atoms. The van der Waals surface area contributed by atoms with Crippen molar-refractivity contribution in [2.24, 2.45) is 0 Å². The normalized spacial score (nSPS) is 12.2. The third-order valence-electron chi connectivity index (χ3n) is 2.01. The van der Waals surface area contributed by atoms with Gasteiger partial charge in [-0.15, -0.1) is 0 Å². The van der Waals surface area contributed by atoms with Crippen molar-refractivity contribution < 1.29 is 4.79 Å². The highest BCUT2D eigenvalue weighted by atomic mass is 35.5. The molecule has 2 nitrogen and oxygen atoms in total. The van der Waals surface area contributed by atoms with Crippen LogP contribution in [0.2, 0.25) is 5.02 Å². The van der Waals surface area contributed by atoms with Gasteiger partial charge >= 0.3 is 0 Å². The Morgan fingerprint density at radius 1 is 1.46 bits per heavy atom. The Morgan fingerprint density at radius 3 is 2.62 bits per heavy atom. The quantitative estimate of drug-likeness (QED) is 0.774. The van der Waals surface area contributed by atoms with E-state index in [1.54, 1.807) is 13.1 Å². The maximum absolute atomic E-state index is 11.3. The van der Waals surface area contributed by atoms with Gasteiger partial charge in [0.15, 0.2) is 0 Å². The summed E-state index contributed by atoms with van der Waals surface area (Å²) < 4.78 is 0. The van der Waals surface area contributed by atoms with Crippen molar-refractivity contribution in [3.8, 4) is 0 Å². The van der Waals surface area contributed by atoms with E-state index in [2.05, 4.69) is 5.32 Å². The minimum Gasteiger partial charge on any atom is -0.359 e. The predicted molar refractivity (Wildman–Crippen MR) is 53.9 cm³/mol. The van der Waals surface area contributed by atoms with Gasteiger partial charge in [0.1, 0.15) is 0 Å². The summed E-state index contributed by atoms with van der Waals surface area (Å²) >= 11 is 5.94. The summed E-state index contributed by atoms with van der Waals surface area (Å²) in [5, 5.41) is 3.23. The van der Waals surface area contributed by atoms with Gasteiger partial charge in [-0.2, -0.15) is 0 Å². The zero-order valence-electron chi connectivity index (χ0n) is 7.67. The molecule has 0 radical (unpaired) electrons. The highest BCUT2D eigenvalue weighted by Gasteiger charge is 2.15. The van der Waals surface area contributed by atoms with Gasteiger partial charge in [0.25, 0.3) is 0 Å². The first-order valence-corrected chi connectivity index (χ1v) is 4.50. The van der Waals surface area contributed by atoms with Crippen LogP contribution in [0.3, 0.4) is 0 Å². The number of carbonyl (C=O) groups is 1. The van der Waals surface area contributed by atoms with Crippen LogP contribution in [-0.2, 0) is 4.79 Å². The predicted octanol–water partition coefficient (Wildman–Crippen LogP) is 2.19. The number of hydrogen-bond acceptors (Lipinski definition) is 1. The lowest BCUT2D eigenvalue weighted by Gasteiger charge is -2.11. The summed E-state index contributed by atoms with van der Waals surface area (Å²) in [6.45, 7) is 1.83. The SMILES string of the molecule is CNC(=O)[C@H](C)c1ccccc1Cl. The fourth-order valence-electron chi connectivity index (χ4n) is 1.18. The van der Waals surface area contributed by atoms with Gasteiger partial charge in [0.2, 0.25) is 5.91 Å². The van der Waals surface area contributed by atoms with Crippen LogP contribution in [0.5, 0.6) is 0 Å².